The highest BCUT2D eigenvalue weighted by atomic mass is 16.6. The topological polar surface area (TPSA) is 52.6 Å². The zero-order valence-corrected chi connectivity index (χ0v) is 20.4. The van der Waals surface area contributed by atoms with Crippen LogP contribution < -0.4 is 0 Å². The summed E-state index contributed by atoms with van der Waals surface area (Å²) in [4.78, 5) is 26.3. The molecule has 6 rings (SSSR count). The van der Waals surface area contributed by atoms with E-state index in [2.05, 4.69) is 26.0 Å². The molecule has 4 nitrogen and oxygen atoms in total. The summed E-state index contributed by atoms with van der Waals surface area (Å²) in [5.74, 6) is 0.367. The van der Waals surface area contributed by atoms with Gasteiger partial charge in [0.05, 0.1) is 11.5 Å². The van der Waals surface area contributed by atoms with Crippen LogP contribution in [-0.4, -0.2) is 24.1 Å². The van der Waals surface area contributed by atoms with E-state index < -0.39 is 12.2 Å². The Morgan fingerprint density at radius 2 is 1.74 bits per heavy atom. The van der Waals surface area contributed by atoms with E-state index in [-0.39, 0.29) is 29.7 Å². The van der Waals surface area contributed by atoms with Crippen LogP contribution in [0.2, 0.25) is 0 Å². The van der Waals surface area contributed by atoms with Gasteiger partial charge in [-0.3, -0.25) is 4.79 Å². The number of rotatable bonds is 5. The van der Waals surface area contributed by atoms with Crippen molar-refractivity contribution in [2.45, 2.75) is 57.7 Å². The molecule has 0 saturated heterocycles. The Kier molecular flexibility index (Phi) is 5.63. The first kappa shape index (κ1) is 22.3. The van der Waals surface area contributed by atoms with Crippen molar-refractivity contribution in [3.8, 4) is 0 Å². The molecule has 35 heavy (non-hydrogen) atoms. The van der Waals surface area contributed by atoms with Crippen molar-refractivity contribution in [2.24, 2.45) is 23.7 Å². The quantitative estimate of drug-likeness (QED) is 0.526. The van der Waals surface area contributed by atoms with Crippen LogP contribution in [0.5, 0.6) is 0 Å². The monoisotopic (exact) mass is 468 g/mol. The Balaban J connectivity index is 1.33. The minimum Gasteiger partial charge on any atom is -0.458 e. The van der Waals surface area contributed by atoms with Crippen LogP contribution in [0.1, 0.15) is 58.3 Å². The predicted molar refractivity (Wildman–Crippen MR) is 134 cm³/mol. The first-order valence-corrected chi connectivity index (χ1v) is 13.0. The van der Waals surface area contributed by atoms with Crippen molar-refractivity contribution in [1.29, 1.82) is 0 Å². The van der Waals surface area contributed by atoms with Crippen LogP contribution in [0.3, 0.4) is 0 Å². The summed E-state index contributed by atoms with van der Waals surface area (Å²) in [7, 11) is 0. The van der Waals surface area contributed by atoms with Gasteiger partial charge in [0.15, 0.2) is 0 Å². The van der Waals surface area contributed by atoms with E-state index >= 15 is 0 Å². The molecule has 4 aliphatic rings. The lowest BCUT2D eigenvalue weighted by atomic mass is 9.76. The predicted octanol–water partition coefficient (Wildman–Crippen LogP) is 5.73. The van der Waals surface area contributed by atoms with Crippen molar-refractivity contribution in [2.75, 3.05) is 0 Å². The second kappa shape index (κ2) is 8.82. The van der Waals surface area contributed by atoms with E-state index in [9.17, 15) is 9.59 Å². The number of carbonyl (C=O) groups excluding carboxylic acids is 2. The fourth-order valence-corrected chi connectivity index (χ4v) is 7.28. The number of benzene rings is 2. The van der Waals surface area contributed by atoms with Crippen LogP contribution in [0.4, 0.5) is 0 Å². The van der Waals surface area contributed by atoms with Crippen molar-refractivity contribution < 1.29 is 19.1 Å². The maximum absolute atomic E-state index is 13.2. The van der Waals surface area contributed by atoms with E-state index in [1.54, 1.807) is 12.1 Å². The molecule has 4 heteroatoms. The molecule has 2 saturated carbocycles. The van der Waals surface area contributed by atoms with E-state index in [1.807, 2.05) is 42.5 Å². The third-order valence-corrected chi connectivity index (χ3v) is 8.80. The van der Waals surface area contributed by atoms with Gasteiger partial charge < -0.3 is 9.47 Å². The number of fused-ring (bicyclic) bond motifs is 7. The molecule has 0 heterocycles. The molecule has 180 valence electrons. The lowest BCUT2D eigenvalue weighted by Gasteiger charge is -2.38. The Morgan fingerprint density at radius 1 is 0.943 bits per heavy atom. The van der Waals surface area contributed by atoms with Crippen LogP contribution in [0, 0.1) is 30.6 Å². The van der Waals surface area contributed by atoms with Gasteiger partial charge in [-0.05, 0) is 78.8 Å². The fraction of sp³-hybridized carbons (Fsp3) is 0.419. The van der Waals surface area contributed by atoms with Gasteiger partial charge >= 0.3 is 11.9 Å². The van der Waals surface area contributed by atoms with Crippen molar-refractivity contribution in [3.63, 3.8) is 0 Å². The molecule has 0 radical (unpaired) electrons. The van der Waals surface area contributed by atoms with Gasteiger partial charge in [0.25, 0.3) is 0 Å². The molecule has 0 aromatic heterocycles. The molecule has 0 amide bonds. The van der Waals surface area contributed by atoms with E-state index in [0.29, 0.717) is 23.8 Å². The molecule has 7 atom stereocenters. The normalized spacial score (nSPS) is 31.8. The SMILES string of the molecule is CCc1ccc(C)c2c1CC1C3CC(C(OC(=O)C4C=CC=CC4)C3OC(=O)c3ccccc3)C21. The number of hydrogen-bond acceptors (Lipinski definition) is 4. The highest BCUT2D eigenvalue weighted by molar-refractivity contribution is 5.89. The van der Waals surface area contributed by atoms with Gasteiger partial charge in [0, 0.05) is 11.8 Å². The maximum atomic E-state index is 13.2. The van der Waals surface area contributed by atoms with Gasteiger partial charge in [-0.2, -0.15) is 0 Å². The molecule has 2 fully saturated rings. The third-order valence-electron chi connectivity index (χ3n) is 8.80. The third kappa shape index (κ3) is 3.65. The van der Waals surface area contributed by atoms with Crippen LogP contribution in [-0.2, 0) is 27.1 Å². The zero-order chi connectivity index (χ0) is 24.1. The summed E-state index contributed by atoms with van der Waals surface area (Å²) in [6.07, 6.45) is 10.6. The van der Waals surface area contributed by atoms with Crippen LogP contribution in [0.25, 0.3) is 0 Å². The van der Waals surface area contributed by atoms with Crippen LogP contribution >= 0.6 is 0 Å². The average molecular weight is 469 g/mol. The summed E-state index contributed by atoms with van der Waals surface area (Å²) in [6, 6.07) is 13.7. The fourth-order valence-electron chi connectivity index (χ4n) is 7.28. The number of aryl methyl sites for hydroxylation is 2. The van der Waals surface area contributed by atoms with Crippen molar-refractivity contribution >= 4 is 11.9 Å². The van der Waals surface area contributed by atoms with Gasteiger partial charge in [-0.15, -0.1) is 0 Å². The van der Waals surface area contributed by atoms with Gasteiger partial charge in [0.1, 0.15) is 12.2 Å². The summed E-state index contributed by atoms with van der Waals surface area (Å²) >= 11 is 0. The van der Waals surface area contributed by atoms with Crippen molar-refractivity contribution in [1.82, 2.24) is 0 Å². The molecule has 7 unspecified atom stereocenters. The maximum Gasteiger partial charge on any atom is 0.338 e. The lowest BCUT2D eigenvalue weighted by Crippen LogP contribution is -2.45. The molecule has 0 N–H and O–H groups in total. The summed E-state index contributed by atoms with van der Waals surface area (Å²) in [5, 5.41) is 0. The molecule has 0 spiro atoms. The van der Waals surface area contributed by atoms with E-state index in [1.165, 1.54) is 22.3 Å². The first-order valence-electron chi connectivity index (χ1n) is 13.0. The average Bonchev–Trinajstić information content (AvgIpc) is 3.55. The highest BCUT2D eigenvalue weighted by Gasteiger charge is 2.64. The summed E-state index contributed by atoms with van der Waals surface area (Å²) in [5.41, 5.74) is 6.25. The number of hydrogen-bond donors (Lipinski definition) is 0. The Bertz CT molecular complexity index is 1210. The second-order valence-electron chi connectivity index (χ2n) is 10.5. The molecule has 2 aromatic carbocycles. The lowest BCUT2D eigenvalue weighted by molar-refractivity contribution is -0.164. The number of carbonyl (C=O) groups is 2. The molecule has 2 bridgehead atoms. The zero-order valence-electron chi connectivity index (χ0n) is 20.4. The summed E-state index contributed by atoms with van der Waals surface area (Å²) < 4.78 is 12.4. The number of esters is 2. The van der Waals surface area contributed by atoms with Gasteiger partial charge in [0.2, 0.25) is 0 Å². The largest absolute Gasteiger partial charge is 0.458 e. The minimum absolute atomic E-state index is 0.178. The minimum atomic E-state index is -0.406. The standard InChI is InChI=1S/C31H32O4/c1-3-19-15-14-18(2)26-22(19)16-23-24-17-25(27(23)26)29(35-31(33)21-12-8-5-9-13-21)28(24)34-30(32)20-10-6-4-7-11-20/h4-12,14-15,21,23-25,27-29H,3,13,16-17H2,1-2H3. The van der Waals surface area contributed by atoms with Crippen LogP contribution in [0.15, 0.2) is 66.8 Å². The second-order valence-corrected chi connectivity index (χ2v) is 10.5. The molecular weight excluding hydrogens is 436 g/mol. The Labute approximate surface area is 207 Å². The highest BCUT2D eigenvalue weighted by Crippen LogP contribution is 2.63. The van der Waals surface area contributed by atoms with Gasteiger partial charge in [-0.25, -0.2) is 4.79 Å². The molecule has 4 aliphatic carbocycles. The Morgan fingerprint density at radius 3 is 2.49 bits per heavy atom. The number of allylic oxidation sites excluding steroid dienone is 3. The van der Waals surface area contributed by atoms with E-state index in [4.69, 9.17) is 9.47 Å². The molecule has 2 aromatic rings. The van der Waals surface area contributed by atoms with E-state index in [0.717, 1.165) is 19.3 Å². The number of ether oxygens (including phenoxy) is 2. The first-order chi connectivity index (χ1) is 17.1. The molecule has 0 aliphatic heterocycles. The Hall–Kier alpha value is -3.14. The van der Waals surface area contributed by atoms with Crippen molar-refractivity contribution in [3.05, 3.63) is 94.6 Å². The van der Waals surface area contributed by atoms with Gasteiger partial charge in [-0.1, -0.05) is 61.6 Å². The smallest absolute Gasteiger partial charge is 0.338 e. The molecular formula is C31H32O4. The summed E-state index contributed by atoms with van der Waals surface area (Å²) in [6.45, 7) is 4.43.